The highest BCUT2D eigenvalue weighted by molar-refractivity contribution is 5.74. The van der Waals surface area contributed by atoms with Crippen molar-refractivity contribution in [1.29, 1.82) is 0 Å². The van der Waals surface area contributed by atoms with E-state index in [4.69, 9.17) is 19.7 Å². The summed E-state index contributed by atoms with van der Waals surface area (Å²) in [6.45, 7) is 8.30. The van der Waals surface area contributed by atoms with Gasteiger partial charge >= 0.3 is 11.9 Å². The summed E-state index contributed by atoms with van der Waals surface area (Å²) in [6.07, 6.45) is 35.0. The van der Waals surface area contributed by atoms with Crippen LogP contribution < -0.4 is 0 Å². The maximum atomic E-state index is 11.0. The van der Waals surface area contributed by atoms with Crippen molar-refractivity contribution < 1.29 is 29.3 Å². The number of hydrogen-bond donors (Lipinski definition) is 2. The monoisotopic (exact) mass is 629 g/mol. The summed E-state index contributed by atoms with van der Waals surface area (Å²) >= 11 is 0. The quantitative estimate of drug-likeness (QED) is 0.0568. The van der Waals surface area contributed by atoms with Gasteiger partial charge in [-0.05, 0) is 26.7 Å². The smallest absolute Gasteiger partial charge is 0.334 e. The van der Waals surface area contributed by atoms with Gasteiger partial charge in [0.05, 0.1) is 13.2 Å². The lowest BCUT2D eigenvalue weighted by Crippen LogP contribution is -2.19. The number of rotatable bonds is 32. The van der Waals surface area contributed by atoms with Gasteiger partial charge in [-0.1, -0.05) is 181 Å². The zero-order valence-electron chi connectivity index (χ0n) is 29.9. The van der Waals surface area contributed by atoms with Crippen LogP contribution in [0, 0.1) is 0 Å². The Labute approximate surface area is 273 Å². The van der Waals surface area contributed by atoms with Gasteiger partial charge in [0, 0.05) is 0 Å². The number of carbonyl (C=O) groups excluding carboxylic acids is 2. The third-order valence-electron chi connectivity index (χ3n) is 8.17. The molecule has 0 amide bonds. The van der Waals surface area contributed by atoms with Crippen LogP contribution in [-0.4, -0.2) is 47.6 Å². The number of esters is 2. The number of ether oxygens (including phenoxy) is 2. The van der Waals surface area contributed by atoms with Crippen LogP contribution >= 0.6 is 0 Å². The number of hydrogen-bond acceptors (Lipinski definition) is 6. The molecule has 0 fully saturated rings. The molecule has 0 saturated carbocycles. The third kappa shape index (κ3) is 38.9. The molecule has 44 heavy (non-hydrogen) atoms. The average Bonchev–Trinajstić information content (AvgIpc) is 3.01. The molecule has 0 radical (unpaired) electrons. The number of aliphatic hydroxyl groups is 2. The highest BCUT2D eigenvalue weighted by Gasteiger charge is 2.09. The first kappa shape index (κ1) is 45.0. The Hall–Kier alpha value is -1.14. The normalized spacial score (nSPS) is 12.3. The fraction of sp³-hybridized carbons (Fsp3) is 0.947. The van der Waals surface area contributed by atoms with Crippen molar-refractivity contribution in [1.82, 2.24) is 0 Å². The molecule has 264 valence electrons. The van der Waals surface area contributed by atoms with E-state index in [2.05, 4.69) is 13.8 Å². The number of unbranched alkanes of at least 4 members (excludes halogenated alkanes) is 26. The maximum absolute atomic E-state index is 11.0. The first-order chi connectivity index (χ1) is 21.4. The fourth-order valence-corrected chi connectivity index (χ4v) is 5.18. The van der Waals surface area contributed by atoms with Gasteiger partial charge in [0.15, 0.2) is 0 Å². The van der Waals surface area contributed by atoms with Gasteiger partial charge in [0.25, 0.3) is 0 Å². The SMILES string of the molecule is CCCCCCCCCCCCCCCCCCOC(=O)C(C)O.CCCCCCCCCCCCCCOC(=O)C(C)O. The lowest BCUT2D eigenvalue weighted by atomic mass is 10.0. The first-order valence-electron chi connectivity index (χ1n) is 19.1. The minimum Gasteiger partial charge on any atom is -0.464 e. The second-order valence-electron chi connectivity index (χ2n) is 12.9. The molecule has 2 N–H and O–H groups in total. The lowest BCUT2D eigenvalue weighted by Gasteiger charge is -2.06. The zero-order chi connectivity index (χ0) is 32.9. The van der Waals surface area contributed by atoms with Gasteiger partial charge in [-0.2, -0.15) is 0 Å². The molecule has 6 heteroatoms. The lowest BCUT2D eigenvalue weighted by molar-refractivity contribution is -0.153. The van der Waals surface area contributed by atoms with E-state index in [-0.39, 0.29) is 0 Å². The first-order valence-corrected chi connectivity index (χ1v) is 19.1. The van der Waals surface area contributed by atoms with Gasteiger partial charge in [-0.15, -0.1) is 0 Å². The fourth-order valence-electron chi connectivity index (χ4n) is 5.18. The van der Waals surface area contributed by atoms with Crippen LogP contribution in [-0.2, 0) is 19.1 Å². The molecular weight excluding hydrogens is 552 g/mol. The summed E-state index contributed by atoms with van der Waals surface area (Å²) in [7, 11) is 0. The van der Waals surface area contributed by atoms with Gasteiger partial charge in [0.2, 0.25) is 0 Å². The van der Waals surface area contributed by atoms with E-state index in [1.54, 1.807) is 0 Å². The van der Waals surface area contributed by atoms with Crippen molar-refractivity contribution in [3.05, 3.63) is 0 Å². The van der Waals surface area contributed by atoms with E-state index in [0.717, 1.165) is 25.7 Å². The Balaban J connectivity index is 0. The minimum absolute atomic E-state index is 0.446. The Kier molecular flexibility index (Phi) is 38.9. The molecule has 0 heterocycles. The van der Waals surface area contributed by atoms with E-state index in [9.17, 15) is 9.59 Å². The Bertz CT molecular complexity index is 578. The van der Waals surface area contributed by atoms with Crippen LogP contribution in [0.1, 0.15) is 207 Å². The number of aliphatic hydroxyl groups excluding tert-OH is 2. The summed E-state index contributed by atoms with van der Waals surface area (Å²) in [5, 5.41) is 17.9. The molecular formula is C38H76O6. The molecule has 6 nitrogen and oxygen atoms in total. The Morgan fingerprint density at radius 3 is 0.750 bits per heavy atom. The van der Waals surface area contributed by atoms with Crippen LogP contribution in [0.2, 0.25) is 0 Å². The maximum Gasteiger partial charge on any atom is 0.334 e. The predicted molar refractivity (Wildman–Crippen MR) is 186 cm³/mol. The van der Waals surface area contributed by atoms with Crippen LogP contribution in [0.15, 0.2) is 0 Å². The topological polar surface area (TPSA) is 93.1 Å². The van der Waals surface area contributed by atoms with Crippen molar-refractivity contribution in [3.63, 3.8) is 0 Å². The molecule has 0 aromatic carbocycles. The molecule has 2 atom stereocenters. The largest absolute Gasteiger partial charge is 0.464 e. The zero-order valence-corrected chi connectivity index (χ0v) is 29.9. The molecule has 2 unspecified atom stereocenters. The van der Waals surface area contributed by atoms with Crippen LogP contribution in [0.4, 0.5) is 0 Å². The molecule has 0 aliphatic heterocycles. The van der Waals surface area contributed by atoms with Crippen molar-refractivity contribution in [2.45, 2.75) is 220 Å². The molecule has 0 aromatic rings. The van der Waals surface area contributed by atoms with E-state index >= 15 is 0 Å². The van der Waals surface area contributed by atoms with E-state index in [1.807, 2.05) is 0 Å². The molecule has 0 spiro atoms. The van der Waals surface area contributed by atoms with Crippen LogP contribution in [0.5, 0.6) is 0 Å². The standard InChI is InChI=1S/C21H42O3.C17H34O3/c1-3-4-5-6-7-8-9-10-11-12-13-14-15-16-17-18-19-24-21(23)20(2)22;1-3-4-5-6-7-8-9-10-11-12-13-14-15-20-17(19)16(2)18/h20,22H,3-19H2,1-2H3;16,18H,3-15H2,1-2H3. The average molecular weight is 629 g/mol. The highest BCUT2D eigenvalue weighted by atomic mass is 16.5. The van der Waals surface area contributed by atoms with Crippen molar-refractivity contribution in [2.75, 3.05) is 13.2 Å². The second-order valence-corrected chi connectivity index (χ2v) is 12.9. The van der Waals surface area contributed by atoms with Crippen LogP contribution in [0.25, 0.3) is 0 Å². The second kappa shape index (κ2) is 38.0. The molecule has 0 aromatic heterocycles. The van der Waals surface area contributed by atoms with Gasteiger partial charge in [0.1, 0.15) is 12.2 Å². The van der Waals surface area contributed by atoms with Gasteiger partial charge in [-0.3, -0.25) is 0 Å². The third-order valence-corrected chi connectivity index (χ3v) is 8.17. The van der Waals surface area contributed by atoms with Crippen molar-refractivity contribution in [2.24, 2.45) is 0 Å². The van der Waals surface area contributed by atoms with Crippen molar-refractivity contribution in [3.8, 4) is 0 Å². The van der Waals surface area contributed by atoms with E-state index < -0.39 is 24.1 Å². The predicted octanol–water partition coefficient (Wildman–Crippen LogP) is 10.8. The highest BCUT2D eigenvalue weighted by Crippen LogP contribution is 2.14. The molecule has 0 saturated heterocycles. The number of carbonyl (C=O) groups is 2. The summed E-state index contributed by atoms with van der Waals surface area (Å²) in [5.41, 5.74) is 0. The van der Waals surface area contributed by atoms with Crippen molar-refractivity contribution >= 4 is 11.9 Å². The van der Waals surface area contributed by atoms with E-state index in [0.29, 0.717) is 13.2 Å². The molecule has 0 aliphatic carbocycles. The molecule has 0 bridgehead atoms. The minimum atomic E-state index is -0.994. The van der Waals surface area contributed by atoms with Gasteiger partial charge in [-0.25, -0.2) is 9.59 Å². The van der Waals surface area contributed by atoms with Gasteiger partial charge < -0.3 is 19.7 Å². The van der Waals surface area contributed by atoms with E-state index in [1.165, 1.54) is 168 Å². The Morgan fingerprint density at radius 1 is 0.386 bits per heavy atom. The summed E-state index contributed by atoms with van der Waals surface area (Å²) < 4.78 is 9.84. The molecule has 0 rings (SSSR count). The molecule has 0 aliphatic rings. The van der Waals surface area contributed by atoms with Crippen LogP contribution in [0.3, 0.4) is 0 Å². The summed E-state index contributed by atoms with van der Waals surface area (Å²) in [4.78, 5) is 22.0. The summed E-state index contributed by atoms with van der Waals surface area (Å²) in [5.74, 6) is -1.01. The Morgan fingerprint density at radius 2 is 0.568 bits per heavy atom. The summed E-state index contributed by atoms with van der Waals surface area (Å²) in [6, 6.07) is 0.